The van der Waals surface area contributed by atoms with Crippen molar-refractivity contribution in [3.8, 4) is 0 Å². The molecule has 0 aliphatic carbocycles. The fourth-order valence-electron chi connectivity index (χ4n) is 1.69. The van der Waals surface area contributed by atoms with Gasteiger partial charge in [-0.25, -0.2) is 17.5 Å². The molecule has 4 nitrogen and oxygen atoms in total. The van der Waals surface area contributed by atoms with E-state index in [9.17, 15) is 12.8 Å². The Kier molecular flexibility index (Phi) is 4.42. The highest BCUT2D eigenvalue weighted by molar-refractivity contribution is 7.89. The fourth-order valence-corrected chi connectivity index (χ4v) is 3.83. The lowest BCUT2D eigenvalue weighted by molar-refractivity contribution is 0.578. The van der Waals surface area contributed by atoms with Gasteiger partial charge in [0.25, 0.3) is 0 Å². The van der Waals surface area contributed by atoms with Gasteiger partial charge in [0.05, 0.1) is 5.69 Å². The molecule has 1 heterocycles. The van der Waals surface area contributed by atoms with Gasteiger partial charge in [-0.3, -0.25) is 0 Å². The van der Waals surface area contributed by atoms with Gasteiger partial charge in [0.15, 0.2) is 0 Å². The van der Waals surface area contributed by atoms with E-state index >= 15 is 0 Å². The molecule has 0 aliphatic rings. The molecule has 108 valence electrons. The Morgan fingerprint density at radius 1 is 1.25 bits per heavy atom. The SMILES string of the molecule is CCc1ccc(CNS(=O)(=O)c2cc(F)ccc2N)s1. The molecule has 0 amide bonds. The minimum Gasteiger partial charge on any atom is -0.398 e. The molecule has 2 aromatic rings. The lowest BCUT2D eigenvalue weighted by Gasteiger charge is -2.08. The van der Waals surface area contributed by atoms with E-state index in [1.807, 2.05) is 19.1 Å². The highest BCUT2D eigenvalue weighted by Gasteiger charge is 2.18. The van der Waals surface area contributed by atoms with Crippen LogP contribution >= 0.6 is 11.3 Å². The zero-order chi connectivity index (χ0) is 14.8. The van der Waals surface area contributed by atoms with Crippen LogP contribution in [-0.4, -0.2) is 8.42 Å². The van der Waals surface area contributed by atoms with Crippen molar-refractivity contribution in [2.75, 3.05) is 5.73 Å². The summed E-state index contributed by atoms with van der Waals surface area (Å²) in [5.41, 5.74) is 5.61. The van der Waals surface area contributed by atoms with Crippen LogP contribution < -0.4 is 10.5 Å². The maximum atomic E-state index is 13.1. The topological polar surface area (TPSA) is 72.2 Å². The summed E-state index contributed by atoms with van der Waals surface area (Å²) < 4.78 is 39.8. The monoisotopic (exact) mass is 314 g/mol. The minimum absolute atomic E-state index is 0.0272. The van der Waals surface area contributed by atoms with Crippen LogP contribution in [-0.2, 0) is 23.0 Å². The van der Waals surface area contributed by atoms with E-state index in [1.165, 1.54) is 10.9 Å². The molecular weight excluding hydrogens is 299 g/mol. The van der Waals surface area contributed by atoms with Crippen LogP contribution in [0.5, 0.6) is 0 Å². The van der Waals surface area contributed by atoms with Crippen LogP contribution in [0.4, 0.5) is 10.1 Å². The summed E-state index contributed by atoms with van der Waals surface area (Å²) >= 11 is 1.54. The third kappa shape index (κ3) is 3.36. The summed E-state index contributed by atoms with van der Waals surface area (Å²) in [6.07, 6.45) is 0.911. The molecule has 0 bridgehead atoms. The molecule has 7 heteroatoms. The number of benzene rings is 1. The predicted molar refractivity (Wildman–Crippen MR) is 78.5 cm³/mol. The molecule has 0 saturated carbocycles. The van der Waals surface area contributed by atoms with Gasteiger partial charge in [-0.05, 0) is 36.8 Å². The van der Waals surface area contributed by atoms with Crippen molar-refractivity contribution in [1.82, 2.24) is 4.72 Å². The molecule has 20 heavy (non-hydrogen) atoms. The van der Waals surface area contributed by atoms with Gasteiger partial charge in [0.2, 0.25) is 10.0 Å². The molecular formula is C13H15FN2O2S2. The van der Waals surface area contributed by atoms with E-state index in [0.29, 0.717) is 0 Å². The predicted octanol–water partition coefficient (Wildman–Crippen LogP) is 2.51. The Morgan fingerprint density at radius 3 is 2.60 bits per heavy atom. The van der Waals surface area contributed by atoms with Gasteiger partial charge >= 0.3 is 0 Å². The van der Waals surface area contributed by atoms with E-state index in [4.69, 9.17) is 5.73 Å². The number of nitrogens with two attached hydrogens (primary N) is 1. The van der Waals surface area contributed by atoms with E-state index < -0.39 is 15.8 Å². The van der Waals surface area contributed by atoms with Crippen molar-refractivity contribution in [1.29, 1.82) is 0 Å². The number of halogens is 1. The number of aryl methyl sites for hydroxylation is 1. The Hall–Kier alpha value is -1.44. The molecule has 0 unspecified atom stereocenters. The highest BCUT2D eigenvalue weighted by Crippen LogP contribution is 2.21. The van der Waals surface area contributed by atoms with Crippen LogP contribution in [0.2, 0.25) is 0 Å². The van der Waals surface area contributed by atoms with E-state index in [-0.39, 0.29) is 17.1 Å². The van der Waals surface area contributed by atoms with Crippen molar-refractivity contribution >= 4 is 27.0 Å². The molecule has 2 rings (SSSR count). The number of anilines is 1. The standard InChI is InChI=1S/C13H15FN2O2S2/c1-2-10-4-5-11(19-10)8-16-20(17,18)13-7-9(14)3-6-12(13)15/h3-7,16H,2,8,15H2,1H3. The van der Waals surface area contributed by atoms with Crippen LogP contribution in [0.15, 0.2) is 35.2 Å². The zero-order valence-corrected chi connectivity index (χ0v) is 12.5. The Bertz CT molecular complexity index is 711. The quantitative estimate of drug-likeness (QED) is 0.833. The second kappa shape index (κ2) is 5.90. The molecule has 0 spiro atoms. The minimum atomic E-state index is -3.82. The Balaban J connectivity index is 2.17. The van der Waals surface area contributed by atoms with Gasteiger partial charge in [-0.2, -0.15) is 0 Å². The second-order valence-corrected chi connectivity index (χ2v) is 7.22. The van der Waals surface area contributed by atoms with E-state index in [1.54, 1.807) is 11.3 Å². The smallest absolute Gasteiger partial charge is 0.243 e. The average molecular weight is 314 g/mol. The number of thiophene rings is 1. The largest absolute Gasteiger partial charge is 0.398 e. The van der Waals surface area contributed by atoms with Crippen molar-refractivity contribution in [2.45, 2.75) is 24.8 Å². The molecule has 0 aliphatic heterocycles. The van der Waals surface area contributed by atoms with Crippen molar-refractivity contribution in [2.24, 2.45) is 0 Å². The van der Waals surface area contributed by atoms with E-state index in [0.717, 1.165) is 23.4 Å². The first kappa shape index (κ1) is 15.0. The third-order valence-corrected chi connectivity index (χ3v) is 5.45. The maximum Gasteiger partial charge on any atom is 0.243 e. The third-order valence-electron chi connectivity index (χ3n) is 2.77. The number of hydrogen-bond acceptors (Lipinski definition) is 4. The van der Waals surface area contributed by atoms with Crippen LogP contribution in [0, 0.1) is 5.82 Å². The summed E-state index contributed by atoms with van der Waals surface area (Å²) in [7, 11) is -3.82. The number of nitrogen functional groups attached to an aromatic ring is 1. The summed E-state index contributed by atoms with van der Waals surface area (Å²) in [4.78, 5) is 1.86. The molecule has 0 saturated heterocycles. The fraction of sp³-hybridized carbons (Fsp3) is 0.231. The van der Waals surface area contributed by atoms with Gasteiger partial charge in [-0.1, -0.05) is 6.92 Å². The van der Waals surface area contributed by atoms with Crippen LogP contribution in [0.25, 0.3) is 0 Å². The normalized spacial score (nSPS) is 11.7. The Labute approximate surface area is 121 Å². The summed E-state index contributed by atoms with van der Waals surface area (Å²) in [6.45, 7) is 2.20. The number of sulfonamides is 1. The molecule has 0 atom stereocenters. The van der Waals surface area contributed by atoms with E-state index in [2.05, 4.69) is 4.72 Å². The average Bonchev–Trinajstić information content (AvgIpc) is 2.87. The molecule has 1 aromatic carbocycles. The first-order valence-electron chi connectivity index (χ1n) is 6.04. The highest BCUT2D eigenvalue weighted by atomic mass is 32.2. The lowest BCUT2D eigenvalue weighted by Crippen LogP contribution is -2.23. The van der Waals surface area contributed by atoms with Gasteiger partial charge < -0.3 is 5.73 Å². The first-order valence-corrected chi connectivity index (χ1v) is 8.34. The number of hydrogen-bond donors (Lipinski definition) is 2. The maximum absolute atomic E-state index is 13.1. The zero-order valence-electron chi connectivity index (χ0n) is 10.9. The first-order chi connectivity index (χ1) is 9.42. The molecule has 0 fully saturated rings. The van der Waals surface area contributed by atoms with Crippen molar-refractivity contribution < 1.29 is 12.8 Å². The molecule has 0 radical (unpaired) electrons. The Morgan fingerprint density at radius 2 is 1.95 bits per heavy atom. The van der Waals surface area contributed by atoms with Crippen LogP contribution in [0.3, 0.4) is 0 Å². The molecule has 1 aromatic heterocycles. The van der Waals surface area contributed by atoms with Crippen molar-refractivity contribution in [3.05, 3.63) is 45.9 Å². The number of nitrogens with one attached hydrogen (secondary N) is 1. The van der Waals surface area contributed by atoms with Gasteiger partial charge in [0.1, 0.15) is 10.7 Å². The second-order valence-electron chi connectivity index (χ2n) is 4.23. The van der Waals surface area contributed by atoms with Gasteiger partial charge in [0, 0.05) is 16.3 Å². The summed E-state index contributed by atoms with van der Waals surface area (Å²) in [5, 5.41) is 0. The molecule has 3 N–H and O–H groups in total. The van der Waals surface area contributed by atoms with Crippen molar-refractivity contribution in [3.63, 3.8) is 0 Å². The lowest BCUT2D eigenvalue weighted by atomic mass is 10.3. The van der Waals surface area contributed by atoms with Crippen LogP contribution in [0.1, 0.15) is 16.7 Å². The van der Waals surface area contributed by atoms with Gasteiger partial charge in [-0.15, -0.1) is 11.3 Å². The number of rotatable bonds is 5. The summed E-state index contributed by atoms with van der Waals surface area (Å²) in [5.74, 6) is -0.635. The summed E-state index contributed by atoms with van der Waals surface area (Å²) in [6, 6.07) is 7.13.